The third-order valence-corrected chi connectivity index (χ3v) is 6.88. The average molecular weight is 452 g/mol. The van der Waals surface area contributed by atoms with Gasteiger partial charge in [-0.3, -0.25) is 14.7 Å². The molecule has 33 heavy (non-hydrogen) atoms. The molecule has 1 unspecified atom stereocenters. The average Bonchev–Trinajstić information content (AvgIpc) is 2.86. The summed E-state index contributed by atoms with van der Waals surface area (Å²) in [6.45, 7) is 7.63. The van der Waals surface area contributed by atoms with E-state index in [1.165, 1.54) is 11.1 Å². The van der Waals surface area contributed by atoms with Gasteiger partial charge in [0.2, 0.25) is 5.91 Å². The van der Waals surface area contributed by atoms with E-state index in [9.17, 15) is 9.90 Å². The Kier molecular flexibility index (Phi) is 6.75. The van der Waals surface area contributed by atoms with Gasteiger partial charge >= 0.3 is 0 Å². The number of nitrogens with zero attached hydrogens (tertiary/aromatic N) is 5. The predicted octanol–water partition coefficient (Wildman–Crippen LogP) is 0.986. The molecule has 2 fully saturated rings. The molecule has 2 saturated heterocycles. The van der Waals surface area contributed by atoms with E-state index >= 15 is 0 Å². The highest BCUT2D eigenvalue weighted by molar-refractivity contribution is 5.83. The van der Waals surface area contributed by atoms with Crippen LogP contribution < -0.4 is 9.80 Å². The Morgan fingerprint density at radius 3 is 2.45 bits per heavy atom. The van der Waals surface area contributed by atoms with E-state index in [0.717, 1.165) is 63.7 Å². The van der Waals surface area contributed by atoms with Gasteiger partial charge in [-0.1, -0.05) is 24.3 Å². The van der Waals surface area contributed by atoms with Crippen LogP contribution in [-0.4, -0.2) is 97.5 Å². The Morgan fingerprint density at radius 2 is 1.67 bits per heavy atom. The lowest BCUT2D eigenvalue weighted by atomic mass is 10.00. The lowest BCUT2D eigenvalue weighted by Gasteiger charge is -2.38. The molecule has 4 heterocycles. The van der Waals surface area contributed by atoms with Crippen LogP contribution in [0.2, 0.25) is 0 Å². The van der Waals surface area contributed by atoms with E-state index < -0.39 is 6.10 Å². The number of ether oxygens (including phenoxy) is 1. The first-order valence-electron chi connectivity index (χ1n) is 11.9. The van der Waals surface area contributed by atoms with Crippen LogP contribution in [0.5, 0.6) is 0 Å². The van der Waals surface area contributed by atoms with Crippen molar-refractivity contribution in [1.82, 2.24) is 14.8 Å². The molecule has 0 aliphatic carbocycles. The number of carbonyl (C=O) groups excluding carboxylic acids is 1. The van der Waals surface area contributed by atoms with Crippen LogP contribution in [0, 0.1) is 0 Å². The standard InChI is InChI=1S/C25H33N5O3/c31-24(17-27-6-5-20-3-1-2-4-21(20)16-27)18-30-8-7-29(19-25(30)32)23-13-22(14-26-15-23)28-9-11-33-12-10-28/h1-4,13-15,24,31H,5-12,16-19H2. The van der Waals surface area contributed by atoms with Gasteiger partial charge in [0, 0.05) is 52.4 Å². The number of benzene rings is 1. The largest absolute Gasteiger partial charge is 0.390 e. The molecule has 0 radical (unpaired) electrons. The first-order valence-corrected chi connectivity index (χ1v) is 11.9. The van der Waals surface area contributed by atoms with E-state index in [1.807, 2.05) is 12.4 Å². The molecule has 176 valence electrons. The first kappa shape index (κ1) is 22.1. The molecular weight excluding hydrogens is 418 g/mol. The van der Waals surface area contributed by atoms with Crippen molar-refractivity contribution in [1.29, 1.82) is 0 Å². The van der Waals surface area contributed by atoms with Crippen molar-refractivity contribution in [2.24, 2.45) is 0 Å². The summed E-state index contributed by atoms with van der Waals surface area (Å²) in [5, 5.41) is 10.7. The smallest absolute Gasteiger partial charge is 0.242 e. The van der Waals surface area contributed by atoms with Crippen molar-refractivity contribution < 1.29 is 14.6 Å². The number of anilines is 2. The fourth-order valence-electron chi connectivity index (χ4n) is 5.03. The van der Waals surface area contributed by atoms with Crippen LogP contribution in [0.4, 0.5) is 11.4 Å². The van der Waals surface area contributed by atoms with E-state index in [4.69, 9.17) is 4.74 Å². The Hall–Kier alpha value is -2.68. The molecule has 5 rings (SSSR count). The van der Waals surface area contributed by atoms with Crippen LogP contribution in [0.15, 0.2) is 42.7 Å². The van der Waals surface area contributed by atoms with E-state index in [1.54, 1.807) is 4.90 Å². The number of fused-ring (bicyclic) bond motifs is 1. The summed E-state index contributed by atoms with van der Waals surface area (Å²) in [5.41, 5.74) is 4.79. The number of hydrogen-bond acceptors (Lipinski definition) is 7. The molecule has 0 spiro atoms. The van der Waals surface area contributed by atoms with E-state index in [2.05, 4.69) is 50.0 Å². The number of carbonyl (C=O) groups is 1. The lowest BCUT2D eigenvalue weighted by Crippen LogP contribution is -2.53. The van der Waals surface area contributed by atoms with E-state index in [-0.39, 0.29) is 5.91 Å². The van der Waals surface area contributed by atoms with Crippen LogP contribution in [-0.2, 0) is 22.5 Å². The third-order valence-electron chi connectivity index (χ3n) is 6.88. The van der Waals surface area contributed by atoms with Crippen molar-refractivity contribution in [2.45, 2.75) is 19.1 Å². The highest BCUT2D eigenvalue weighted by atomic mass is 16.5. The number of pyridine rings is 1. The number of β-amino-alcohol motifs (C(OH)–C–C–N with tert-alkyl or cyclic N) is 1. The van der Waals surface area contributed by atoms with Gasteiger partial charge in [0.05, 0.1) is 49.6 Å². The van der Waals surface area contributed by atoms with Crippen molar-refractivity contribution in [3.05, 3.63) is 53.9 Å². The minimum absolute atomic E-state index is 0.0565. The molecule has 0 bridgehead atoms. The van der Waals surface area contributed by atoms with Gasteiger partial charge in [0.25, 0.3) is 0 Å². The van der Waals surface area contributed by atoms with Crippen LogP contribution in [0.3, 0.4) is 0 Å². The molecule has 2 aromatic rings. The molecule has 1 amide bonds. The summed E-state index contributed by atoms with van der Waals surface area (Å²) in [4.78, 5) is 25.7. The zero-order valence-corrected chi connectivity index (χ0v) is 19.1. The number of hydrogen-bond donors (Lipinski definition) is 1. The van der Waals surface area contributed by atoms with Crippen molar-refractivity contribution in [3.63, 3.8) is 0 Å². The summed E-state index contributed by atoms with van der Waals surface area (Å²) >= 11 is 0. The van der Waals surface area contributed by atoms with Gasteiger partial charge < -0.3 is 24.5 Å². The second-order valence-electron chi connectivity index (χ2n) is 9.17. The molecule has 3 aliphatic heterocycles. The number of piperazine rings is 1. The van der Waals surface area contributed by atoms with Crippen LogP contribution in [0.1, 0.15) is 11.1 Å². The van der Waals surface area contributed by atoms with Gasteiger partial charge in [-0.2, -0.15) is 0 Å². The van der Waals surface area contributed by atoms with Gasteiger partial charge in [-0.05, 0) is 23.6 Å². The molecule has 8 nitrogen and oxygen atoms in total. The molecule has 1 N–H and O–H groups in total. The summed E-state index contributed by atoms with van der Waals surface area (Å²) in [6.07, 6.45) is 4.17. The Balaban J connectivity index is 1.13. The summed E-state index contributed by atoms with van der Waals surface area (Å²) in [7, 11) is 0. The Bertz CT molecular complexity index is 965. The summed E-state index contributed by atoms with van der Waals surface area (Å²) in [5.74, 6) is 0.0565. The highest BCUT2D eigenvalue weighted by Gasteiger charge is 2.27. The molecule has 8 heteroatoms. The molecular formula is C25H33N5O3. The van der Waals surface area contributed by atoms with Gasteiger partial charge in [-0.25, -0.2) is 0 Å². The second kappa shape index (κ2) is 10.1. The first-order chi connectivity index (χ1) is 16.2. The fourth-order valence-corrected chi connectivity index (χ4v) is 5.03. The van der Waals surface area contributed by atoms with Crippen LogP contribution >= 0.6 is 0 Å². The van der Waals surface area contributed by atoms with E-state index in [0.29, 0.717) is 26.2 Å². The third kappa shape index (κ3) is 5.29. The number of aliphatic hydroxyl groups excluding tert-OH is 1. The second-order valence-corrected chi connectivity index (χ2v) is 9.17. The summed E-state index contributed by atoms with van der Waals surface area (Å²) < 4.78 is 5.44. The maximum Gasteiger partial charge on any atom is 0.242 e. The minimum atomic E-state index is -0.544. The van der Waals surface area contributed by atoms with Crippen molar-refractivity contribution in [3.8, 4) is 0 Å². The topological polar surface area (TPSA) is 72.4 Å². The maximum absolute atomic E-state index is 12.9. The van der Waals surface area contributed by atoms with Crippen molar-refractivity contribution in [2.75, 3.05) is 75.4 Å². The maximum atomic E-state index is 12.9. The quantitative estimate of drug-likeness (QED) is 0.702. The van der Waals surface area contributed by atoms with Crippen LogP contribution in [0.25, 0.3) is 0 Å². The Labute approximate surface area is 195 Å². The number of aliphatic hydroxyl groups is 1. The minimum Gasteiger partial charge on any atom is -0.390 e. The lowest BCUT2D eigenvalue weighted by molar-refractivity contribution is -0.132. The normalized spacial score (nSPS) is 20.6. The number of morpholine rings is 1. The molecule has 0 saturated carbocycles. The van der Waals surface area contributed by atoms with Gasteiger partial charge in [0.15, 0.2) is 0 Å². The monoisotopic (exact) mass is 451 g/mol. The summed E-state index contributed by atoms with van der Waals surface area (Å²) in [6, 6.07) is 10.6. The molecule has 1 aromatic heterocycles. The molecule has 1 atom stereocenters. The predicted molar refractivity (Wildman–Crippen MR) is 127 cm³/mol. The number of amides is 1. The van der Waals surface area contributed by atoms with Crippen molar-refractivity contribution >= 4 is 17.3 Å². The zero-order valence-electron chi connectivity index (χ0n) is 19.1. The highest BCUT2D eigenvalue weighted by Crippen LogP contribution is 2.23. The fraction of sp³-hybridized carbons (Fsp3) is 0.520. The zero-order chi connectivity index (χ0) is 22.6. The van der Waals surface area contributed by atoms with Gasteiger partial charge in [-0.15, -0.1) is 0 Å². The Morgan fingerprint density at radius 1 is 0.909 bits per heavy atom. The number of aromatic nitrogens is 1. The number of rotatable bonds is 6. The SMILES string of the molecule is O=C1CN(c2cncc(N3CCOCC3)c2)CCN1CC(O)CN1CCc2ccccc2C1. The molecule has 3 aliphatic rings. The van der Waals surface area contributed by atoms with Gasteiger partial charge in [0.1, 0.15) is 0 Å². The molecule has 1 aromatic carbocycles.